The highest BCUT2D eigenvalue weighted by Gasteiger charge is 2.28. The molecule has 1 amide bonds. The normalized spacial score (nSPS) is 19.6. The van der Waals surface area contributed by atoms with Gasteiger partial charge in [-0.05, 0) is 31.2 Å². The van der Waals surface area contributed by atoms with Crippen LogP contribution in [0.15, 0.2) is 24.3 Å². The maximum atomic E-state index is 11.9. The lowest BCUT2D eigenvalue weighted by Crippen LogP contribution is -2.55. The van der Waals surface area contributed by atoms with Crippen molar-refractivity contribution in [2.45, 2.75) is 13.0 Å². The highest BCUT2D eigenvalue weighted by molar-refractivity contribution is 5.87. The lowest BCUT2D eigenvalue weighted by Gasteiger charge is -2.37. The molecule has 0 aromatic heterocycles. The van der Waals surface area contributed by atoms with Gasteiger partial charge in [-0.25, -0.2) is 4.79 Å². The van der Waals surface area contributed by atoms with Crippen LogP contribution in [0.25, 0.3) is 0 Å². The molecule has 1 aliphatic heterocycles. The average molecular weight is 292 g/mol. The average Bonchev–Trinajstić information content (AvgIpc) is 2.48. The number of carboxylic acids is 1. The molecule has 1 N–H and O–H groups in total. The van der Waals surface area contributed by atoms with E-state index in [-0.39, 0.29) is 17.5 Å². The molecule has 114 valence electrons. The molecule has 1 fully saturated rings. The van der Waals surface area contributed by atoms with Crippen molar-refractivity contribution in [3.05, 3.63) is 29.8 Å². The second-order valence-corrected chi connectivity index (χ2v) is 5.15. The maximum absolute atomic E-state index is 11.9. The Morgan fingerprint density at radius 3 is 2.62 bits per heavy atom. The molecule has 6 heteroatoms. The zero-order valence-corrected chi connectivity index (χ0v) is 12.3. The third-order valence-electron chi connectivity index (χ3n) is 3.75. The summed E-state index contributed by atoms with van der Waals surface area (Å²) in [6, 6.07) is 6.19. The van der Waals surface area contributed by atoms with E-state index in [9.17, 15) is 9.59 Å². The Labute approximate surface area is 123 Å². The number of carbonyl (C=O) groups is 2. The molecule has 0 radical (unpaired) electrons. The van der Waals surface area contributed by atoms with Crippen molar-refractivity contribution in [2.75, 3.05) is 33.3 Å². The van der Waals surface area contributed by atoms with Crippen molar-refractivity contribution >= 4 is 11.9 Å². The second-order valence-electron chi connectivity index (χ2n) is 5.15. The molecule has 1 aromatic carbocycles. The van der Waals surface area contributed by atoms with Crippen LogP contribution in [0.2, 0.25) is 0 Å². The van der Waals surface area contributed by atoms with Crippen molar-refractivity contribution in [3.63, 3.8) is 0 Å². The number of carbonyl (C=O) groups excluding carboxylic acids is 1. The molecule has 21 heavy (non-hydrogen) atoms. The van der Waals surface area contributed by atoms with Gasteiger partial charge in [-0.1, -0.05) is 0 Å². The van der Waals surface area contributed by atoms with Crippen molar-refractivity contribution in [3.8, 4) is 5.75 Å². The first-order valence-corrected chi connectivity index (χ1v) is 6.94. The monoisotopic (exact) mass is 292 g/mol. The lowest BCUT2D eigenvalue weighted by molar-refractivity contribution is -0.139. The van der Waals surface area contributed by atoms with Gasteiger partial charge < -0.3 is 14.7 Å². The molecule has 0 saturated carbocycles. The largest absolute Gasteiger partial charge is 0.492 e. The molecule has 1 saturated heterocycles. The fraction of sp³-hybridized carbons (Fsp3) is 0.467. The Kier molecular flexibility index (Phi) is 4.80. The van der Waals surface area contributed by atoms with Crippen molar-refractivity contribution in [2.24, 2.45) is 0 Å². The van der Waals surface area contributed by atoms with Crippen molar-refractivity contribution in [1.29, 1.82) is 0 Å². The number of hydrogen-bond acceptors (Lipinski definition) is 4. The molecular formula is C15H20N2O4. The highest BCUT2D eigenvalue weighted by Crippen LogP contribution is 2.13. The van der Waals surface area contributed by atoms with Crippen LogP contribution in [0.3, 0.4) is 0 Å². The molecule has 1 unspecified atom stereocenters. The molecule has 1 heterocycles. The van der Waals surface area contributed by atoms with Crippen LogP contribution >= 0.6 is 0 Å². The summed E-state index contributed by atoms with van der Waals surface area (Å²) in [5.41, 5.74) is 0.237. The van der Waals surface area contributed by atoms with E-state index in [1.807, 2.05) is 14.0 Å². The van der Waals surface area contributed by atoms with E-state index in [2.05, 4.69) is 4.90 Å². The zero-order valence-electron chi connectivity index (χ0n) is 12.3. The summed E-state index contributed by atoms with van der Waals surface area (Å²) >= 11 is 0. The summed E-state index contributed by atoms with van der Waals surface area (Å²) in [4.78, 5) is 26.4. The van der Waals surface area contributed by atoms with Crippen LogP contribution in [0, 0.1) is 0 Å². The van der Waals surface area contributed by atoms with E-state index in [0.717, 1.165) is 13.1 Å². The molecule has 0 spiro atoms. The number of likely N-dealkylation sites (N-methyl/N-ethyl adjacent to an activating group) is 1. The third-order valence-corrected chi connectivity index (χ3v) is 3.75. The molecule has 0 bridgehead atoms. The lowest BCUT2D eigenvalue weighted by atomic mass is 10.2. The smallest absolute Gasteiger partial charge is 0.335 e. The van der Waals surface area contributed by atoms with E-state index in [1.165, 1.54) is 12.1 Å². The molecule has 1 atom stereocenters. The zero-order chi connectivity index (χ0) is 15.4. The van der Waals surface area contributed by atoms with Gasteiger partial charge in [-0.15, -0.1) is 0 Å². The summed E-state index contributed by atoms with van der Waals surface area (Å²) < 4.78 is 5.59. The fourth-order valence-corrected chi connectivity index (χ4v) is 2.34. The van der Waals surface area contributed by atoms with Crippen molar-refractivity contribution < 1.29 is 19.4 Å². The summed E-state index contributed by atoms with van der Waals surface area (Å²) in [5, 5.41) is 8.81. The minimum atomic E-state index is -0.952. The van der Waals surface area contributed by atoms with Crippen molar-refractivity contribution in [1.82, 2.24) is 9.80 Å². The topological polar surface area (TPSA) is 70.1 Å². The van der Waals surface area contributed by atoms with Crippen LogP contribution in [-0.4, -0.2) is 66.1 Å². The molecular weight excluding hydrogens is 272 g/mol. The van der Waals surface area contributed by atoms with Crippen LogP contribution in [0.1, 0.15) is 17.3 Å². The summed E-state index contributed by atoms with van der Waals surface area (Å²) in [6.07, 6.45) is 0. The molecule has 1 aliphatic rings. The number of benzene rings is 1. The minimum absolute atomic E-state index is 0.123. The Hall–Kier alpha value is -2.08. The van der Waals surface area contributed by atoms with E-state index in [4.69, 9.17) is 9.84 Å². The van der Waals surface area contributed by atoms with Crippen LogP contribution in [-0.2, 0) is 4.79 Å². The van der Waals surface area contributed by atoms with E-state index in [1.54, 1.807) is 17.0 Å². The number of aromatic carboxylic acids is 1. The van der Waals surface area contributed by atoms with Gasteiger partial charge in [-0.2, -0.15) is 0 Å². The summed E-state index contributed by atoms with van der Waals surface area (Å²) in [6.45, 7) is 4.61. The van der Waals surface area contributed by atoms with Crippen LogP contribution < -0.4 is 4.74 Å². The van der Waals surface area contributed by atoms with Gasteiger partial charge in [0.2, 0.25) is 5.91 Å². The van der Waals surface area contributed by atoms with Gasteiger partial charge in [0.25, 0.3) is 0 Å². The molecule has 6 nitrogen and oxygen atoms in total. The molecule has 1 aromatic rings. The predicted octanol–water partition coefficient (Wildman–Crippen LogP) is 0.926. The Balaban J connectivity index is 1.81. The number of piperazine rings is 1. The SMILES string of the molecule is CC1C(=O)N(C)CCN1CCOc1ccc(C(=O)O)cc1. The number of hydrogen-bond donors (Lipinski definition) is 1. The number of amides is 1. The number of rotatable bonds is 5. The number of nitrogens with zero attached hydrogens (tertiary/aromatic N) is 2. The highest BCUT2D eigenvalue weighted by atomic mass is 16.5. The van der Waals surface area contributed by atoms with Gasteiger partial charge in [-0.3, -0.25) is 9.69 Å². The first-order chi connectivity index (χ1) is 9.99. The molecule has 2 rings (SSSR count). The van der Waals surface area contributed by atoms with E-state index < -0.39 is 5.97 Å². The summed E-state index contributed by atoms with van der Waals surface area (Å²) in [7, 11) is 1.82. The summed E-state index contributed by atoms with van der Waals surface area (Å²) in [5.74, 6) is -0.188. The Morgan fingerprint density at radius 2 is 2.00 bits per heavy atom. The second kappa shape index (κ2) is 6.58. The third kappa shape index (κ3) is 3.72. The first kappa shape index (κ1) is 15.3. The van der Waals surface area contributed by atoms with Gasteiger partial charge in [0.15, 0.2) is 0 Å². The fourth-order valence-electron chi connectivity index (χ4n) is 2.34. The van der Waals surface area contributed by atoms with Gasteiger partial charge in [0, 0.05) is 26.7 Å². The number of carboxylic acid groups (broad SMARTS) is 1. The number of ether oxygens (including phenoxy) is 1. The van der Waals surface area contributed by atoms with E-state index >= 15 is 0 Å². The quantitative estimate of drug-likeness (QED) is 0.874. The van der Waals surface area contributed by atoms with Gasteiger partial charge in [0.1, 0.15) is 12.4 Å². The molecule has 0 aliphatic carbocycles. The van der Waals surface area contributed by atoms with Crippen LogP contribution in [0.5, 0.6) is 5.75 Å². The van der Waals surface area contributed by atoms with Crippen LogP contribution in [0.4, 0.5) is 0 Å². The van der Waals surface area contributed by atoms with Gasteiger partial charge >= 0.3 is 5.97 Å². The first-order valence-electron chi connectivity index (χ1n) is 6.94. The van der Waals surface area contributed by atoms with E-state index in [0.29, 0.717) is 18.9 Å². The maximum Gasteiger partial charge on any atom is 0.335 e. The van der Waals surface area contributed by atoms with Gasteiger partial charge in [0.05, 0.1) is 11.6 Å². The Morgan fingerprint density at radius 1 is 1.33 bits per heavy atom. The standard InChI is InChI=1S/C15H20N2O4/c1-11-14(18)16(2)7-8-17(11)9-10-21-13-5-3-12(4-6-13)15(19)20/h3-6,11H,7-10H2,1-2H3,(H,19,20). The predicted molar refractivity (Wildman–Crippen MR) is 77.6 cm³/mol. The minimum Gasteiger partial charge on any atom is -0.492 e. The Bertz CT molecular complexity index is 515.